The van der Waals surface area contributed by atoms with Gasteiger partial charge < -0.3 is 0 Å². The van der Waals surface area contributed by atoms with Crippen molar-refractivity contribution in [2.45, 2.75) is 0 Å². The number of hydrogen-bond donors (Lipinski definition) is 0. The van der Waals surface area contributed by atoms with Gasteiger partial charge in [-0.25, -0.2) is 0 Å². The zero-order valence-corrected chi connectivity index (χ0v) is 9.64. The molecule has 14 heavy (non-hydrogen) atoms. The van der Waals surface area contributed by atoms with Crippen LogP contribution in [0.5, 0.6) is 0 Å². The summed E-state index contributed by atoms with van der Waals surface area (Å²) in [7, 11) is 0. The third-order valence-corrected chi connectivity index (χ3v) is 2.79. The molecule has 0 saturated carbocycles. The highest BCUT2D eigenvalue weighted by atomic mass is 79.9. The zero-order valence-electron chi connectivity index (χ0n) is 7.30. The van der Waals surface area contributed by atoms with Gasteiger partial charge in [0.2, 0.25) is 0 Å². The minimum atomic E-state index is 0.622. The number of halogens is 2. The molecule has 0 unspecified atom stereocenters. The van der Waals surface area contributed by atoms with Crippen LogP contribution in [-0.4, -0.2) is 0 Å². The van der Waals surface area contributed by atoms with Gasteiger partial charge in [-0.1, -0.05) is 48.0 Å². The minimum absolute atomic E-state index is 0.622. The van der Waals surface area contributed by atoms with Gasteiger partial charge in [0.05, 0.1) is 0 Å². The maximum Gasteiger partial charge on any atom is 0.0497 e. The van der Waals surface area contributed by atoms with Crippen LogP contribution in [-0.2, 0) is 0 Å². The second-order valence-electron chi connectivity index (χ2n) is 2.90. The molecular formula is C12H7BrCl. The van der Waals surface area contributed by atoms with Crippen molar-refractivity contribution in [3.8, 4) is 11.1 Å². The third-order valence-electron chi connectivity index (χ3n) is 1.95. The Morgan fingerprint density at radius 2 is 1.71 bits per heavy atom. The second-order valence-corrected chi connectivity index (χ2v) is 4.10. The summed E-state index contributed by atoms with van der Waals surface area (Å²) >= 11 is 9.26. The molecule has 0 atom stereocenters. The lowest BCUT2D eigenvalue weighted by atomic mass is 10.1. The molecule has 2 heteroatoms. The van der Waals surface area contributed by atoms with Crippen LogP contribution >= 0.6 is 27.5 Å². The summed E-state index contributed by atoms with van der Waals surface area (Å²) in [5.74, 6) is 0. The highest BCUT2D eigenvalue weighted by Gasteiger charge is 2.02. The average molecular weight is 267 g/mol. The van der Waals surface area contributed by atoms with Gasteiger partial charge in [-0.2, -0.15) is 0 Å². The maximum atomic E-state index is 5.82. The van der Waals surface area contributed by atoms with E-state index in [-0.39, 0.29) is 0 Å². The van der Waals surface area contributed by atoms with Crippen molar-refractivity contribution < 1.29 is 0 Å². The molecule has 0 amide bonds. The van der Waals surface area contributed by atoms with E-state index in [0.29, 0.717) is 5.02 Å². The molecule has 2 aromatic carbocycles. The smallest absolute Gasteiger partial charge is 0.0497 e. The Labute approximate surface area is 96.7 Å². The van der Waals surface area contributed by atoms with Gasteiger partial charge in [0.15, 0.2) is 0 Å². The second kappa shape index (κ2) is 4.16. The van der Waals surface area contributed by atoms with E-state index >= 15 is 0 Å². The monoisotopic (exact) mass is 265 g/mol. The Morgan fingerprint density at radius 1 is 1.00 bits per heavy atom. The van der Waals surface area contributed by atoms with Crippen LogP contribution in [0.25, 0.3) is 11.1 Å². The van der Waals surface area contributed by atoms with Crippen molar-refractivity contribution in [2.75, 3.05) is 0 Å². The summed E-state index contributed by atoms with van der Waals surface area (Å²) < 4.78 is 0.899. The summed E-state index contributed by atoms with van der Waals surface area (Å²) in [6, 6.07) is 17.0. The predicted molar refractivity (Wildman–Crippen MR) is 63.4 cm³/mol. The van der Waals surface area contributed by atoms with Gasteiger partial charge in [-0.15, -0.1) is 0 Å². The highest BCUT2D eigenvalue weighted by Crippen LogP contribution is 2.29. The van der Waals surface area contributed by atoms with E-state index in [1.54, 1.807) is 0 Å². The molecule has 0 heterocycles. The van der Waals surface area contributed by atoms with Crippen LogP contribution in [0.4, 0.5) is 0 Å². The molecule has 2 aromatic rings. The third kappa shape index (κ3) is 1.99. The first-order chi connectivity index (χ1) is 6.77. The fourth-order valence-electron chi connectivity index (χ4n) is 1.28. The zero-order chi connectivity index (χ0) is 9.97. The Morgan fingerprint density at radius 3 is 2.36 bits per heavy atom. The number of rotatable bonds is 1. The first kappa shape index (κ1) is 9.75. The lowest BCUT2D eigenvalue weighted by molar-refractivity contribution is 1.57. The van der Waals surface area contributed by atoms with Gasteiger partial charge in [0.1, 0.15) is 0 Å². The lowest BCUT2D eigenvalue weighted by Crippen LogP contribution is -1.79. The van der Waals surface area contributed by atoms with E-state index < -0.39 is 0 Å². The Hall–Kier alpha value is -0.790. The van der Waals surface area contributed by atoms with E-state index in [0.717, 1.165) is 15.6 Å². The van der Waals surface area contributed by atoms with E-state index in [9.17, 15) is 0 Å². The van der Waals surface area contributed by atoms with Crippen LogP contribution in [0.3, 0.4) is 0 Å². The van der Waals surface area contributed by atoms with Crippen LogP contribution in [0, 0.1) is 6.07 Å². The fraction of sp³-hybridized carbons (Fsp3) is 0. The minimum Gasteiger partial charge on any atom is -0.0836 e. The number of benzene rings is 2. The first-order valence-corrected chi connectivity index (χ1v) is 5.37. The largest absolute Gasteiger partial charge is 0.0836 e. The fourth-order valence-corrected chi connectivity index (χ4v) is 2.13. The molecule has 0 aliphatic heterocycles. The summed E-state index contributed by atoms with van der Waals surface area (Å²) in [4.78, 5) is 0. The van der Waals surface area contributed by atoms with Gasteiger partial charge in [-0.05, 0) is 33.1 Å². The maximum absolute atomic E-state index is 5.82. The predicted octanol–water partition coefficient (Wildman–Crippen LogP) is 4.57. The van der Waals surface area contributed by atoms with Gasteiger partial charge in [0, 0.05) is 15.6 Å². The Balaban J connectivity index is 2.53. The molecule has 0 fully saturated rings. The van der Waals surface area contributed by atoms with Gasteiger partial charge in [-0.3, -0.25) is 0 Å². The van der Waals surface area contributed by atoms with E-state index in [1.165, 1.54) is 0 Å². The van der Waals surface area contributed by atoms with Crippen molar-refractivity contribution >= 4 is 27.5 Å². The van der Waals surface area contributed by atoms with Crippen molar-refractivity contribution in [1.82, 2.24) is 0 Å². The lowest BCUT2D eigenvalue weighted by Gasteiger charge is -2.03. The summed E-state index contributed by atoms with van der Waals surface area (Å²) in [6.45, 7) is 0. The van der Waals surface area contributed by atoms with Gasteiger partial charge >= 0.3 is 0 Å². The molecule has 0 bridgehead atoms. The number of hydrogen-bond acceptors (Lipinski definition) is 0. The molecular weight excluding hydrogens is 259 g/mol. The van der Waals surface area contributed by atoms with Crippen molar-refractivity contribution in [1.29, 1.82) is 0 Å². The van der Waals surface area contributed by atoms with E-state index in [1.807, 2.05) is 30.3 Å². The van der Waals surface area contributed by atoms with Crippen LogP contribution in [0.1, 0.15) is 0 Å². The van der Waals surface area contributed by atoms with Crippen molar-refractivity contribution in [3.05, 3.63) is 58.0 Å². The highest BCUT2D eigenvalue weighted by molar-refractivity contribution is 9.10. The molecule has 0 aliphatic carbocycles. The molecule has 1 radical (unpaired) electrons. The van der Waals surface area contributed by atoms with Crippen LogP contribution in [0.2, 0.25) is 5.02 Å². The molecule has 0 aliphatic rings. The normalized spacial score (nSPS) is 10.1. The summed E-state index contributed by atoms with van der Waals surface area (Å²) in [6.07, 6.45) is 0. The average Bonchev–Trinajstić information content (AvgIpc) is 2.19. The summed E-state index contributed by atoms with van der Waals surface area (Å²) in [5, 5.41) is 0.622. The van der Waals surface area contributed by atoms with Gasteiger partial charge in [0.25, 0.3) is 0 Å². The first-order valence-electron chi connectivity index (χ1n) is 4.20. The molecule has 0 spiro atoms. The van der Waals surface area contributed by atoms with E-state index in [2.05, 4.69) is 34.1 Å². The molecule has 0 N–H and O–H groups in total. The van der Waals surface area contributed by atoms with Crippen molar-refractivity contribution in [2.24, 2.45) is 0 Å². The molecule has 0 nitrogen and oxygen atoms in total. The SMILES string of the molecule is Clc1[c]c(Br)c(-c2ccccc2)cc1. The summed E-state index contributed by atoms with van der Waals surface area (Å²) in [5.41, 5.74) is 2.27. The Kier molecular flexibility index (Phi) is 2.90. The quantitative estimate of drug-likeness (QED) is 0.709. The molecule has 0 saturated heterocycles. The standard InChI is InChI=1S/C12H7BrCl/c13-12-8-10(14)6-7-11(12)9-4-2-1-3-5-9/h1-7H. The molecule has 0 aromatic heterocycles. The Bertz CT molecular complexity index is 437. The molecule has 69 valence electrons. The topological polar surface area (TPSA) is 0 Å². The molecule has 2 rings (SSSR count). The van der Waals surface area contributed by atoms with Crippen LogP contribution in [0.15, 0.2) is 46.9 Å². The van der Waals surface area contributed by atoms with E-state index in [4.69, 9.17) is 11.6 Å². The van der Waals surface area contributed by atoms with Crippen LogP contribution < -0.4 is 0 Å². The van der Waals surface area contributed by atoms with Crippen molar-refractivity contribution in [3.63, 3.8) is 0 Å².